The molecular formula is C15H22N2OS. The van der Waals surface area contributed by atoms with Gasteiger partial charge >= 0.3 is 0 Å². The summed E-state index contributed by atoms with van der Waals surface area (Å²) in [7, 11) is 0. The first-order valence-electron chi connectivity index (χ1n) is 6.69. The van der Waals surface area contributed by atoms with Crippen LogP contribution in [0.3, 0.4) is 0 Å². The molecule has 0 radical (unpaired) electrons. The van der Waals surface area contributed by atoms with Gasteiger partial charge in [-0.15, -0.1) is 11.3 Å². The van der Waals surface area contributed by atoms with Crippen LogP contribution in [-0.2, 0) is 0 Å². The minimum atomic E-state index is 0.0825. The number of rotatable bonds is 5. The molecule has 0 saturated carbocycles. The third-order valence-electron chi connectivity index (χ3n) is 3.08. The minimum Gasteiger partial charge on any atom is -0.338 e. The first-order valence-corrected chi connectivity index (χ1v) is 7.57. The van der Waals surface area contributed by atoms with E-state index in [4.69, 9.17) is 5.73 Å². The molecule has 1 atom stereocenters. The third-order valence-corrected chi connectivity index (χ3v) is 3.98. The zero-order valence-corrected chi connectivity index (χ0v) is 12.7. The van der Waals surface area contributed by atoms with Crippen LogP contribution in [0.4, 0.5) is 0 Å². The van der Waals surface area contributed by atoms with Gasteiger partial charge in [-0.2, -0.15) is 0 Å². The lowest BCUT2D eigenvalue weighted by molar-refractivity contribution is 0.0745. The number of hydrogen-bond donors (Lipinski definition) is 1. The molecule has 0 bridgehead atoms. The van der Waals surface area contributed by atoms with Crippen molar-refractivity contribution >= 4 is 17.2 Å². The lowest BCUT2D eigenvalue weighted by Crippen LogP contribution is -2.34. The Hall–Kier alpha value is -1.31. The van der Waals surface area contributed by atoms with Crippen LogP contribution in [0.2, 0.25) is 0 Å². The Bertz CT molecular complexity index is 470. The summed E-state index contributed by atoms with van der Waals surface area (Å²) in [4.78, 5) is 15.1. The normalized spacial score (nSPS) is 11.6. The average molecular weight is 278 g/mol. The fraction of sp³-hybridized carbons (Fsp3) is 0.533. The van der Waals surface area contributed by atoms with Gasteiger partial charge in [0.25, 0.3) is 5.91 Å². The SMILES string of the molecule is CCC(C)CN(CC)C(=O)c1sccc1C#CCN. The zero-order chi connectivity index (χ0) is 14.3. The Kier molecular flexibility index (Phi) is 6.61. The summed E-state index contributed by atoms with van der Waals surface area (Å²) in [5.41, 5.74) is 6.17. The van der Waals surface area contributed by atoms with Gasteiger partial charge in [0, 0.05) is 18.7 Å². The number of amides is 1. The highest BCUT2D eigenvalue weighted by molar-refractivity contribution is 7.12. The first-order chi connectivity index (χ1) is 9.13. The van der Waals surface area contributed by atoms with E-state index in [1.165, 1.54) is 11.3 Å². The van der Waals surface area contributed by atoms with Gasteiger partial charge in [-0.1, -0.05) is 32.1 Å². The zero-order valence-electron chi connectivity index (χ0n) is 11.9. The second kappa shape index (κ2) is 7.98. The summed E-state index contributed by atoms with van der Waals surface area (Å²) in [6.45, 7) is 8.16. The monoisotopic (exact) mass is 278 g/mol. The molecule has 1 aromatic rings. The number of hydrogen-bond acceptors (Lipinski definition) is 3. The highest BCUT2D eigenvalue weighted by Crippen LogP contribution is 2.19. The topological polar surface area (TPSA) is 46.3 Å². The number of carbonyl (C=O) groups is 1. The molecular weight excluding hydrogens is 256 g/mol. The van der Waals surface area contributed by atoms with Gasteiger partial charge in [0.05, 0.1) is 6.54 Å². The molecule has 0 spiro atoms. The maximum absolute atomic E-state index is 12.5. The lowest BCUT2D eigenvalue weighted by Gasteiger charge is -2.23. The van der Waals surface area contributed by atoms with Crippen molar-refractivity contribution < 1.29 is 4.79 Å². The first kappa shape index (κ1) is 15.7. The summed E-state index contributed by atoms with van der Waals surface area (Å²) >= 11 is 1.45. The smallest absolute Gasteiger partial charge is 0.265 e. The van der Waals surface area contributed by atoms with Gasteiger partial charge < -0.3 is 10.6 Å². The summed E-state index contributed by atoms with van der Waals surface area (Å²) < 4.78 is 0. The predicted molar refractivity (Wildman–Crippen MR) is 81.3 cm³/mol. The fourth-order valence-electron chi connectivity index (χ4n) is 1.72. The molecule has 0 aromatic carbocycles. The van der Waals surface area contributed by atoms with E-state index >= 15 is 0 Å². The Labute approximate surface area is 119 Å². The van der Waals surface area contributed by atoms with Gasteiger partial charge in [-0.3, -0.25) is 4.79 Å². The molecule has 3 nitrogen and oxygen atoms in total. The third kappa shape index (κ3) is 4.38. The van der Waals surface area contributed by atoms with Crippen LogP contribution >= 0.6 is 11.3 Å². The molecule has 104 valence electrons. The van der Waals surface area contributed by atoms with Gasteiger partial charge in [0.1, 0.15) is 4.88 Å². The Morgan fingerprint density at radius 2 is 2.26 bits per heavy atom. The molecule has 0 fully saturated rings. The van der Waals surface area contributed by atoms with Crippen LogP contribution in [0.1, 0.15) is 42.4 Å². The van der Waals surface area contributed by atoms with Crippen molar-refractivity contribution in [3.63, 3.8) is 0 Å². The van der Waals surface area contributed by atoms with Crippen molar-refractivity contribution in [2.24, 2.45) is 11.7 Å². The second-order valence-corrected chi connectivity index (χ2v) is 5.44. The molecule has 0 saturated heterocycles. The minimum absolute atomic E-state index is 0.0825. The molecule has 1 heterocycles. The van der Waals surface area contributed by atoms with E-state index < -0.39 is 0 Å². The van der Waals surface area contributed by atoms with Crippen LogP contribution in [0.15, 0.2) is 11.4 Å². The average Bonchev–Trinajstić information content (AvgIpc) is 2.89. The molecule has 1 rings (SSSR count). The Balaban J connectivity index is 2.88. The molecule has 1 unspecified atom stereocenters. The van der Waals surface area contributed by atoms with E-state index in [1.807, 2.05) is 23.3 Å². The van der Waals surface area contributed by atoms with E-state index in [-0.39, 0.29) is 5.91 Å². The second-order valence-electron chi connectivity index (χ2n) is 4.53. The van der Waals surface area contributed by atoms with Crippen molar-refractivity contribution in [1.29, 1.82) is 0 Å². The largest absolute Gasteiger partial charge is 0.338 e. The van der Waals surface area contributed by atoms with Crippen LogP contribution < -0.4 is 5.73 Å². The maximum Gasteiger partial charge on any atom is 0.265 e. The standard InChI is InChI=1S/C15H22N2OS/c1-4-12(3)11-17(5-2)15(18)14-13(7-6-9-16)8-10-19-14/h8,10,12H,4-5,9,11,16H2,1-3H3. The van der Waals surface area contributed by atoms with Crippen molar-refractivity contribution in [3.05, 3.63) is 21.9 Å². The lowest BCUT2D eigenvalue weighted by atomic mass is 10.1. The van der Waals surface area contributed by atoms with Gasteiger partial charge in [-0.25, -0.2) is 0 Å². The molecule has 0 aliphatic rings. The van der Waals surface area contributed by atoms with Crippen molar-refractivity contribution in [2.75, 3.05) is 19.6 Å². The number of carbonyl (C=O) groups excluding carboxylic acids is 1. The van der Waals surface area contributed by atoms with Crippen LogP contribution in [0.5, 0.6) is 0 Å². The fourth-order valence-corrected chi connectivity index (χ4v) is 2.54. The van der Waals surface area contributed by atoms with E-state index in [2.05, 4.69) is 25.7 Å². The summed E-state index contributed by atoms with van der Waals surface area (Å²) in [6, 6.07) is 1.89. The molecule has 0 aliphatic heterocycles. The van der Waals surface area contributed by atoms with E-state index in [0.29, 0.717) is 12.5 Å². The van der Waals surface area contributed by atoms with Crippen molar-refractivity contribution in [3.8, 4) is 11.8 Å². The van der Waals surface area contributed by atoms with E-state index in [9.17, 15) is 4.79 Å². The maximum atomic E-state index is 12.5. The number of thiophene rings is 1. The van der Waals surface area contributed by atoms with Gasteiger partial charge in [-0.05, 0) is 24.3 Å². The molecule has 19 heavy (non-hydrogen) atoms. The summed E-state index contributed by atoms with van der Waals surface area (Å²) in [5, 5.41) is 1.91. The van der Waals surface area contributed by atoms with Crippen LogP contribution in [0.25, 0.3) is 0 Å². The van der Waals surface area contributed by atoms with Crippen molar-refractivity contribution in [2.45, 2.75) is 27.2 Å². The summed E-state index contributed by atoms with van der Waals surface area (Å²) in [6.07, 6.45) is 1.08. The van der Waals surface area contributed by atoms with Gasteiger partial charge in [0.2, 0.25) is 0 Å². The molecule has 1 aromatic heterocycles. The molecule has 0 aliphatic carbocycles. The Morgan fingerprint density at radius 3 is 2.84 bits per heavy atom. The molecule has 1 amide bonds. The Morgan fingerprint density at radius 1 is 1.53 bits per heavy atom. The van der Waals surface area contributed by atoms with Crippen LogP contribution in [0, 0.1) is 17.8 Å². The highest BCUT2D eigenvalue weighted by atomic mass is 32.1. The quantitative estimate of drug-likeness (QED) is 0.841. The van der Waals surface area contributed by atoms with Gasteiger partial charge in [0.15, 0.2) is 0 Å². The highest BCUT2D eigenvalue weighted by Gasteiger charge is 2.19. The molecule has 4 heteroatoms. The van der Waals surface area contributed by atoms with E-state index in [0.717, 1.165) is 30.0 Å². The van der Waals surface area contributed by atoms with E-state index in [1.54, 1.807) is 0 Å². The van der Waals surface area contributed by atoms with Crippen LogP contribution in [-0.4, -0.2) is 30.4 Å². The number of nitrogens with two attached hydrogens (primary N) is 1. The summed E-state index contributed by atoms with van der Waals surface area (Å²) in [5.74, 6) is 6.38. The molecule has 2 N–H and O–H groups in total. The predicted octanol–water partition coefficient (Wildman–Crippen LogP) is 2.57. The van der Waals surface area contributed by atoms with Crippen molar-refractivity contribution in [1.82, 2.24) is 4.90 Å². The number of nitrogens with zero attached hydrogens (tertiary/aromatic N) is 1.